The van der Waals surface area contributed by atoms with E-state index >= 15 is 0 Å². The minimum atomic E-state index is -0.792. The van der Waals surface area contributed by atoms with E-state index in [4.69, 9.17) is 5.73 Å². The number of hydrogen-bond donors (Lipinski definition) is 3. The maximum Gasteiger partial charge on any atom is 0.251 e. The van der Waals surface area contributed by atoms with Crippen LogP contribution >= 0.6 is 0 Å². The third kappa shape index (κ3) is 3.45. The number of carbonyl (C=O) groups excluding carboxylic acids is 1. The summed E-state index contributed by atoms with van der Waals surface area (Å²) in [7, 11) is 1.60. The average Bonchev–Trinajstić information content (AvgIpc) is 2.61. The third-order valence-corrected chi connectivity index (χ3v) is 4.90. The highest BCUT2D eigenvalue weighted by molar-refractivity contribution is 6.21. The second-order valence-electron chi connectivity index (χ2n) is 6.46. The Labute approximate surface area is 142 Å². The number of piperidine rings is 1. The first-order chi connectivity index (χ1) is 11.6. The predicted molar refractivity (Wildman–Crippen MR) is 95.5 cm³/mol. The molecule has 1 amide bonds. The average molecular weight is 330 g/mol. The Morgan fingerprint density at radius 2 is 2.00 bits per heavy atom. The van der Waals surface area contributed by atoms with Crippen LogP contribution in [0.2, 0.25) is 0 Å². The van der Waals surface area contributed by atoms with Gasteiger partial charge in [0.2, 0.25) is 0 Å². The largest absolute Gasteiger partial charge is 0.370 e. The molecule has 0 spiro atoms. The Morgan fingerprint density at radius 3 is 2.71 bits per heavy atom. The van der Waals surface area contributed by atoms with E-state index in [2.05, 4.69) is 10.2 Å². The summed E-state index contributed by atoms with van der Waals surface area (Å²) >= 11 is 0. The number of likely N-dealkylation sites (tertiary alicyclic amines) is 1. The van der Waals surface area contributed by atoms with Crippen LogP contribution in [-0.2, 0) is 4.79 Å². The van der Waals surface area contributed by atoms with Crippen molar-refractivity contribution in [2.45, 2.75) is 25.1 Å². The van der Waals surface area contributed by atoms with Crippen molar-refractivity contribution < 1.29 is 9.90 Å². The van der Waals surface area contributed by atoms with Crippen molar-refractivity contribution in [3.05, 3.63) is 35.9 Å². The quantitative estimate of drug-likeness (QED) is 0.743. The van der Waals surface area contributed by atoms with E-state index in [1.807, 2.05) is 29.2 Å². The van der Waals surface area contributed by atoms with E-state index in [9.17, 15) is 9.90 Å². The van der Waals surface area contributed by atoms with Gasteiger partial charge >= 0.3 is 0 Å². The number of fused-ring (bicyclic) bond motifs is 1. The molecule has 1 aromatic carbocycles. The molecule has 0 aliphatic carbocycles. The van der Waals surface area contributed by atoms with Gasteiger partial charge in [0.1, 0.15) is 6.23 Å². The van der Waals surface area contributed by atoms with Crippen LogP contribution in [-0.4, -0.2) is 61.4 Å². The maximum absolute atomic E-state index is 12.1. The number of aliphatic hydroxyl groups excluding tert-OH is 1. The lowest BCUT2D eigenvalue weighted by Gasteiger charge is -2.37. The molecule has 0 radical (unpaired) electrons. The van der Waals surface area contributed by atoms with Gasteiger partial charge in [-0.15, -0.1) is 0 Å². The fourth-order valence-electron chi connectivity index (χ4n) is 3.43. The summed E-state index contributed by atoms with van der Waals surface area (Å²) in [6, 6.07) is 8.05. The Kier molecular flexibility index (Phi) is 5.18. The van der Waals surface area contributed by atoms with Gasteiger partial charge < -0.3 is 26.0 Å². The fraction of sp³-hybridized carbons (Fsp3) is 0.500. The van der Waals surface area contributed by atoms with E-state index in [-0.39, 0.29) is 5.91 Å². The van der Waals surface area contributed by atoms with Crippen molar-refractivity contribution in [3.63, 3.8) is 0 Å². The van der Waals surface area contributed by atoms with Crippen LogP contribution in [0.5, 0.6) is 0 Å². The number of nitrogens with one attached hydrogen (secondary N) is 1. The van der Waals surface area contributed by atoms with Gasteiger partial charge in [-0.1, -0.05) is 18.2 Å². The van der Waals surface area contributed by atoms with Gasteiger partial charge in [0.05, 0.1) is 0 Å². The number of carbonyl (C=O) groups is 1. The molecule has 4 N–H and O–H groups in total. The van der Waals surface area contributed by atoms with E-state index in [1.54, 1.807) is 13.1 Å². The number of likely N-dealkylation sites (N-methyl/N-ethyl adjacent to an activating group) is 1. The number of para-hydroxylation sites is 1. The molecular weight excluding hydrogens is 304 g/mol. The summed E-state index contributed by atoms with van der Waals surface area (Å²) in [6.07, 6.45) is 2.90. The molecule has 1 fully saturated rings. The summed E-state index contributed by atoms with van der Waals surface area (Å²) in [5, 5.41) is 13.2. The zero-order valence-electron chi connectivity index (χ0n) is 14.1. The molecule has 24 heavy (non-hydrogen) atoms. The number of hydrogen-bond acceptors (Lipinski definition) is 5. The Bertz CT molecular complexity index is 623. The van der Waals surface area contributed by atoms with Crippen LogP contribution in [0, 0.1) is 0 Å². The minimum Gasteiger partial charge on any atom is -0.370 e. The molecule has 0 bridgehead atoms. The molecule has 0 aromatic heterocycles. The standard InChI is InChI=1S/C18H26N4O2/c1-20-18(24)15-12-17(23)22(16-5-3-2-4-14(15)16)11-10-21-8-6-13(19)7-9-21/h2-5,12-13,17,23H,6-11,19H2,1H3,(H,20,24). The van der Waals surface area contributed by atoms with Crippen molar-refractivity contribution >= 4 is 17.2 Å². The van der Waals surface area contributed by atoms with Crippen molar-refractivity contribution in [2.75, 3.05) is 38.1 Å². The molecule has 6 nitrogen and oxygen atoms in total. The summed E-state index contributed by atoms with van der Waals surface area (Å²) < 4.78 is 0. The number of amides is 1. The molecular formula is C18H26N4O2. The summed E-state index contributed by atoms with van der Waals surface area (Å²) in [4.78, 5) is 16.4. The first kappa shape index (κ1) is 17.0. The Hall–Kier alpha value is -1.89. The third-order valence-electron chi connectivity index (χ3n) is 4.90. The van der Waals surface area contributed by atoms with Crippen LogP contribution < -0.4 is 16.0 Å². The number of nitrogens with two attached hydrogens (primary N) is 1. The highest BCUT2D eigenvalue weighted by atomic mass is 16.3. The van der Waals surface area contributed by atoms with Crippen molar-refractivity contribution in [2.24, 2.45) is 5.73 Å². The highest BCUT2D eigenvalue weighted by Crippen LogP contribution is 2.33. The predicted octanol–water partition coefficient (Wildman–Crippen LogP) is 0.378. The number of benzene rings is 1. The monoisotopic (exact) mass is 330 g/mol. The lowest BCUT2D eigenvalue weighted by atomic mass is 9.97. The smallest absolute Gasteiger partial charge is 0.251 e. The topological polar surface area (TPSA) is 81.8 Å². The molecule has 0 saturated carbocycles. The Balaban J connectivity index is 1.75. The van der Waals surface area contributed by atoms with Crippen molar-refractivity contribution in [3.8, 4) is 0 Å². The molecule has 130 valence electrons. The first-order valence-corrected chi connectivity index (χ1v) is 8.56. The number of aliphatic hydroxyl groups is 1. The molecule has 2 heterocycles. The van der Waals surface area contributed by atoms with Crippen LogP contribution in [0.25, 0.3) is 5.57 Å². The summed E-state index contributed by atoms with van der Waals surface area (Å²) in [5.41, 5.74) is 8.25. The van der Waals surface area contributed by atoms with E-state index in [0.29, 0.717) is 18.2 Å². The molecule has 6 heteroatoms. The molecule has 3 rings (SSSR count). The van der Waals surface area contributed by atoms with Gasteiger partial charge in [0.15, 0.2) is 0 Å². The van der Waals surface area contributed by atoms with Gasteiger partial charge in [-0.05, 0) is 38.1 Å². The van der Waals surface area contributed by atoms with Crippen LogP contribution in [0.1, 0.15) is 18.4 Å². The van der Waals surface area contributed by atoms with Gasteiger partial charge in [-0.3, -0.25) is 4.79 Å². The van der Waals surface area contributed by atoms with Crippen molar-refractivity contribution in [1.82, 2.24) is 10.2 Å². The highest BCUT2D eigenvalue weighted by Gasteiger charge is 2.28. The second-order valence-corrected chi connectivity index (χ2v) is 6.46. The molecule has 2 aliphatic rings. The van der Waals surface area contributed by atoms with Crippen LogP contribution in [0.3, 0.4) is 0 Å². The number of anilines is 1. The number of nitrogens with zero attached hydrogens (tertiary/aromatic N) is 2. The normalized spacial score (nSPS) is 22.0. The maximum atomic E-state index is 12.1. The SMILES string of the molecule is CNC(=O)C1=CC(O)N(CCN2CCC(N)CC2)c2ccccc21. The van der Waals surface area contributed by atoms with Gasteiger partial charge in [-0.25, -0.2) is 0 Å². The molecule has 1 atom stereocenters. The van der Waals surface area contributed by atoms with Gasteiger partial charge in [-0.2, -0.15) is 0 Å². The minimum absolute atomic E-state index is 0.175. The van der Waals surface area contributed by atoms with Crippen LogP contribution in [0.15, 0.2) is 30.3 Å². The molecule has 2 aliphatic heterocycles. The first-order valence-electron chi connectivity index (χ1n) is 8.56. The molecule has 1 unspecified atom stereocenters. The summed E-state index contributed by atoms with van der Waals surface area (Å²) in [5.74, 6) is -0.175. The Morgan fingerprint density at radius 1 is 1.29 bits per heavy atom. The van der Waals surface area contributed by atoms with Gasteiger partial charge in [0.25, 0.3) is 5.91 Å². The summed E-state index contributed by atoms with van der Waals surface area (Å²) in [6.45, 7) is 3.60. The molecule has 1 aromatic rings. The van der Waals surface area contributed by atoms with Gasteiger partial charge in [0, 0.05) is 43.0 Å². The van der Waals surface area contributed by atoms with E-state index < -0.39 is 6.23 Å². The zero-order chi connectivity index (χ0) is 17.1. The zero-order valence-corrected chi connectivity index (χ0v) is 14.1. The van der Waals surface area contributed by atoms with Crippen molar-refractivity contribution in [1.29, 1.82) is 0 Å². The lowest BCUT2D eigenvalue weighted by molar-refractivity contribution is -0.115. The second kappa shape index (κ2) is 7.34. The fourth-order valence-corrected chi connectivity index (χ4v) is 3.43. The lowest BCUT2D eigenvalue weighted by Crippen LogP contribution is -2.46. The van der Waals surface area contributed by atoms with Crippen LogP contribution in [0.4, 0.5) is 5.69 Å². The van der Waals surface area contributed by atoms with E-state index in [1.165, 1.54) is 0 Å². The molecule has 1 saturated heterocycles. The number of rotatable bonds is 4. The van der Waals surface area contributed by atoms with E-state index in [0.717, 1.165) is 43.7 Å².